The molecule has 5 heteroatoms. The first-order valence-corrected chi connectivity index (χ1v) is 8.49. The molecule has 1 N–H and O–H groups in total. The minimum absolute atomic E-state index is 0.0505. The van der Waals surface area contributed by atoms with Crippen LogP contribution in [0.1, 0.15) is 33.3 Å². The SMILES string of the molecule is CC(=O)N(CC(=O)Nc1ccc(Cl)cc1)c1ccccc1C(C)(C)C. The van der Waals surface area contributed by atoms with E-state index >= 15 is 0 Å². The third-order valence-electron chi connectivity index (χ3n) is 3.81. The number of hydrogen-bond acceptors (Lipinski definition) is 2. The fourth-order valence-corrected chi connectivity index (χ4v) is 2.71. The highest BCUT2D eigenvalue weighted by Gasteiger charge is 2.24. The van der Waals surface area contributed by atoms with Gasteiger partial charge in [-0.3, -0.25) is 9.59 Å². The van der Waals surface area contributed by atoms with Crippen LogP contribution in [0.4, 0.5) is 11.4 Å². The minimum Gasteiger partial charge on any atom is -0.325 e. The third kappa shape index (κ3) is 5.07. The standard InChI is InChI=1S/C20H23ClN2O2/c1-14(24)23(18-8-6-5-7-17(18)20(2,3)4)13-19(25)22-16-11-9-15(21)10-12-16/h5-12H,13H2,1-4H3,(H,22,25). The molecule has 2 amide bonds. The van der Waals surface area contributed by atoms with E-state index in [1.807, 2.05) is 24.3 Å². The molecule has 0 aliphatic rings. The highest BCUT2D eigenvalue weighted by Crippen LogP contribution is 2.32. The predicted octanol–water partition coefficient (Wildman–Crippen LogP) is 4.63. The average molecular weight is 359 g/mol. The van der Waals surface area contributed by atoms with Gasteiger partial charge in [0.25, 0.3) is 0 Å². The number of rotatable bonds is 4. The van der Waals surface area contributed by atoms with E-state index in [-0.39, 0.29) is 23.8 Å². The molecule has 0 fully saturated rings. The van der Waals surface area contributed by atoms with Crippen molar-refractivity contribution >= 4 is 34.8 Å². The van der Waals surface area contributed by atoms with Gasteiger partial charge in [-0.15, -0.1) is 0 Å². The summed E-state index contributed by atoms with van der Waals surface area (Å²) >= 11 is 5.85. The summed E-state index contributed by atoms with van der Waals surface area (Å²) in [6.45, 7) is 7.66. The maximum absolute atomic E-state index is 12.4. The van der Waals surface area contributed by atoms with E-state index in [1.54, 1.807) is 24.3 Å². The molecule has 2 rings (SSSR count). The highest BCUT2D eigenvalue weighted by atomic mass is 35.5. The number of halogens is 1. The second-order valence-corrected chi connectivity index (χ2v) is 7.36. The molecule has 0 saturated carbocycles. The Kier molecular flexibility index (Phi) is 5.85. The van der Waals surface area contributed by atoms with Gasteiger partial charge >= 0.3 is 0 Å². The largest absolute Gasteiger partial charge is 0.325 e. The topological polar surface area (TPSA) is 49.4 Å². The zero-order chi connectivity index (χ0) is 18.6. The number of anilines is 2. The van der Waals surface area contributed by atoms with E-state index in [9.17, 15) is 9.59 Å². The number of para-hydroxylation sites is 1. The van der Waals surface area contributed by atoms with Crippen LogP contribution in [0.5, 0.6) is 0 Å². The number of nitrogens with one attached hydrogen (secondary N) is 1. The second kappa shape index (κ2) is 7.70. The Bertz CT molecular complexity index is 764. The summed E-state index contributed by atoms with van der Waals surface area (Å²) in [5.74, 6) is -0.441. The molecule has 4 nitrogen and oxygen atoms in total. The Morgan fingerprint density at radius 1 is 1.04 bits per heavy atom. The zero-order valence-electron chi connectivity index (χ0n) is 15.0. The van der Waals surface area contributed by atoms with Gasteiger partial charge in [0.2, 0.25) is 11.8 Å². The van der Waals surface area contributed by atoms with Crippen molar-refractivity contribution in [1.29, 1.82) is 0 Å². The van der Waals surface area contributed by atoms with Gasteiger partial charge in [-0.25, -0.2) is 0 Å². The maximum atomic E-state index is 12.4. The van der Waals surface area contributed by atoms with Crippen LogP contribution in [0.3, 0.4) is 0 Å². The molecule has 0 aliphatic carbocycles. The minimum atomic E-state index is -0.263. The molecular weight excluding hydrogens is 336 g/mol. The molecule has 132 valence electrons. The predicted molar refractivity (Wildman–Crippen MR) is 103 cm³/mol. The summed E-state index contributed by atoms with van der Waals surface area (Å²) in [7, 11) is 0. The molecule has 0 aliphatic heterocycles. The van der Waals surface area contributed by atoms with E-state index in [2.05, 4.69) is 26.1 Å². The summed E-state index contributed by atoms with van der Waals surface area (Å²) in [6.07, 6.45) is 0. The first-order valence-electron chi connectivity index (χ1n) is 8.11. The van der Waals surface area contributed by atoms with Crippen molar-refractivity contribution in [1.82, 2.24) is 0 Å². The lowest BCUT2D eigenvalue weighted by Gasteiger charge is -2.29. The smallest absolute Gasteiger partial charge is 0.244 e. The zero-order valence-corrected chi connectivity index (χ0v) is 15.7. The molecule has 0 bridgehead atoms. The van der Waals surface area contributed by atoms with E-state index in [1.165, 1.54) is 11.8 Å². The van der Waals surface area contributed by atoms with E-state index in [0.29, 0.717) is 10.7 Å². The van der Waals surface area contributed by atoms with Crippen molar-refractivity contribution in [2.75, 3.05) is 16.8 Å². The van der Waals surface area contributed by atoms with Crippen LogP contribution in [-0.2, 0) is 15.0 Å². The first-order chi connectivity index (χ1) is 11.7. The lowest BCUT2D eigenvalue weighted by Crippen LogP contribution is -2.38. The van der Waals surface area contributed by atoms with Gasteiger partial charge in [0.05, 0.1) is 0 Å². The average Bonchev–Trinajstić information content (AvgIpc) is 2.54. The molecule has 0 unspecified atom stereocenters. The molecule has 25 heavy (non-hydrogen) atoms. The van der Waals surface area contributed by atoms with Gasteiger partial charge in [-0.2, -0.15) is 0 Å². The number of hydrogen-bond donors (Lipinski definition) is 1. The number of amides is 2. The summed E-state index contributed by atoms with van der Waals surface area (Å²) in [4.78, 5) is 26.1. The van der Waals surface area contributed by atoms with Crippen molar-refractivity contribution in [2.45, 2.75) is 33.1 Å². The van der Waals surface area contributed by atoms with E-state index in [4.69, 9.17) is 11.6 Å². The molecule has 0 spiro atoms. The van der Waals surface area contributed by atoms with Crippen molar-refractivity contribution in [3.63, 3.8) is 0 Å². The molecule has 0 aromatic heterocycles. The summed E-state index contributed by atoms with van der Waals surface area (Å²) in [5, 5.41) is 3.39. The number of carbonyl (C=O) groups is 2. The quantitative estimate of drug-likeness (QED) is 0.866. The molecule has 2 aromatic rings. The van der Waals surface area contributed by atoms with Gasteiger partial charge in [-0.1, -0.05) is 50.6 Å². The Morgan fingerprint density at radius 2 is 1.64 bits per heavy atom. The van der Waals surface area contributed by atoms with Crippen LogP contribution in [0.15, 0.2) is 48.5 Å². The third-order valence-corrected chi connectivity index (χ3v) is 4.06. The van der Waals surface area contributed by atoms with Crippen LogP contribution in [0.2, 0.25) is 5.02 Å². The Morgan fingerprint density at radius 3 is 2.20 bits per heavy atom. The van der Waals surface area contributed by atoms with Crippen LogP contribution < -0.4 is 10.2 Å². The molecule has 0 heterocycles. The fourth-order valence-electron chi connectivity index (χ4n) is 2.59. The van der Waals surface area contributed by atoms with Crippen molar-refractivity contribution in [3.8, 4) is 0 Å². The van der Waals surface area contributed by atoms with Gasteiger partial charge in [-0.05, 0) is 41.3 Å². The molecule has 0 atom stereocenters. The van der Waals surface area contributed by atoms with Gasteiger partial charge in [0, 0.05) is 23.3 Å². The maximum Gasteiger partial charge on any atom is 0.244 e. The van der Waals surface area contributed by atoms with Gasteiger partial charge in [0.15, 0.2) is 0 Å². The lowest BCUT2D eigenvalue weighted by atomic mass is 9.85. The molecular formula is C20H23ClN2O2. The van der Waals surface area contributed by atoms with Gasteiger partial charge < -0.3 is 10.2 Å². The van der Waals surface area contributed by atoms with Gasteiger partial charge in [0.1, 0.15) is 6.54 Å². The monoisotopic (exact) mass is 358 g/mol. The Labute approximate surface area is 153 Å². The van der Waals surface area contributed by atoms with Crippen LogP contribution in [0.25, 0.3) is 0 Å². The second-order valence-electron chi connectivity index (χ2n) is 6.93. The first kappa shape index (κ1) is 19.0. The van der Waals surface area contributed by atoms with Crippen LogP contribution in [0, 0.1) is 0 Å². The fraction of sp³-hybridized carbons (Fsp3) is 0.300. The lowest BCUT2D eigenvalue weighted by molar-refractivity contribution is -0.120. The van der Waals surface area contributed by atoms with Crippen molar-refractivity contribution in [3.05, 3.63) is 59.1 Å². The Hall–Kier alpha value is -2.33. The molecule has 0 saturated heterocycles. The highest BCUT2D eigenvalue weighted by molar-refractivity contribution is 6.30. The van der Waals surface area contributed by atoms with Crippen molar-refractivity contribution in [2.24, 2.45) is 0 Å². The summed E-state index contributed by atoms with van der Waals surface area (Å²) in [6, 6.07) is 14.5. The Balaban J connectivity index is 2.23. The molecule has 2 aromatic carbocycles. The van der Waals surface area contributed by atoms with Crippen molar-refractivity contribution < 1.29 is 9.59 Å². The summed E-state index contributed by atoms with van der Waals surface area (Å²) < 4.78 is 0. The van der Waals surface area contributed by atoms with E-state index < -0.39 is 0 Å². The number of benzene rings is 2. The number of carbonyl (C=O) groups excluding carboxylic acids is 2. The molecule has 0 radical (unpaired) electrons. The van der Waals surface area contributed by atoms with Crippen LogP contribution in [-0.4, -0.2) is 18.4 Å². The number of nitrogens with zero attached hydrogens (tertiary/aromatic N) is 1. The summed E-state index contributed by atoms with van der Waals surface area (Å²) in [5.41, 5.74) is 2.27. The van der Waals surface area contributed by atoms with Crippen LogP contribution >= 0.6 is 11.6 Å². The normalized spacial score (nSPS) is 11.1. The van der Waals surface area contributed by atoms with E-state index in [0.717, 1.165) is 11.3 Å².